The minimum absolute atomic E-state index is 0.0280. The number of rotatable bonds is 8. The maximum Gasteiger partial charge on any atom is 0.201 e. The van der Waals surface area contributed by atoms with E-state index in [2.05, 4.69) is 36.4 Å². The Hall–Kier alpha value is -4.13. The van der Waals surface area contributed by atoms with Crippen molar-refractivity contribution < 1.29 is 9.59 Å². The lowest BCUT2D eigenvalue weighted by molar-refractivity contribution is 0.0993. The van der Waals surface area contributed by atoms with Gasteiger partial charge in [-0.2, -0.15) is 0 Å². The van der Waals surface area contributed by atoms with Crippen molar-refractivity contribution in [3.05, 3.63) is 162 Å². The van der Waals surface area contributed by atoms with Crippen LogP contribution in [0.4, 0.5) is 0 Å². The average molecular weight is 486 g/mol. The van der Waals surface area contributed by atoms with E-state index in [1.165, 1.54) is 0 Å². The second-order valence-corrected chi connectivity index (χ2v) is 12.1. The zero-order valence-corrected chi connectivity index (χ0v) is 20.7. The van der Waals surface area contributed by atoms with Crippen LogP contribution in [0.25, 0.3) is 0 Å². The minimum Gasteiger partial charge on any atom is -0.290 e. The van der Waals surface area contributed by atoms with Crippen molar-refractivity contribution in [3.63, 3.8) is 0 Å². The van der Waals surface area contributed by atoms with E-state index >= 15 is 0 Å². The van der Waals surface area contributed by atoms with Crippen molar-refractivity contribution >= 4 is 34.7 Å². The molecule has 2 nitrogen and oxygen atoms in total. The number of Topliss-reactive ketones (excluding diaryl/α,β-unsaturated/α-hetero) is 1. The lowest BCUT2D eigenvalue weighted by Gasteiger charge is -2.27. The quantitative estimate of drug-likeness (QED) is 0.197. The van der Waals surface area contributed by atoms with Crippen LogP contribution in [-0.4, -0.2) is 17.7 Å². The molecule has 5 aromatic rings. The molecule has 0 radical (unpaired) electrons. The molecule has 0 aliphatic carbocycles. The van der Waals surface area contributed by atoms with Gasteiger partial charge in [-0.1, -0.05) is 109 Å². The Morgan fingerprint density at radius 2 is 0.806 bits per heavy atom. The summed E-state index contributed by atoms with van der Waals surface area (Å²) in [5.74, 6) is -0.164. The highest BCUT2D eigenvalue weighted by Crippen LogP contribution is 2.55. The summed E-state index contributed by atoms with van der Waals surface area (Å²) in [5, 5.41) is 3.42. The molecule has 174 valence electrons. The van der Waals surface area contributed by atoms with Crippen molar-refractivity contribution in [2.45, 2.75) is 0 Å². The van der Waals surface area contributed by atoms with Crippen LogP contribution in [0.15, 0.2) is 146 Å². The molecule has 0 atom stereocenters. The zero-order chi connectivity index (χ0) is 24.8. The number of carbonyl (C=O) groups excluding carboxylic acids is 2. The van der Waals surface area contributed by atoms with Crippen LogP contribution < -0.4 is 15.9 Å². The molecule has 0 aliphatic rings. The van der Waals surface area contributed by atoms with E-state index in [9.17, 15) is 9.59 Å². The summed E-state index contributed by atoms with van der Waals surface area (Å²) in [4.78, 5) is 27.6. The van der Waals surface area contributed by atoms with E-state index in [-0.39, 0.29) is 11.6 Å². The summed E-state index contributed by atoms with van der Waals surface area (Å²) >= 11 is 0. The van der Waals surface area contributed by atoms with Gasteiger partial charge in [0.05, 0.1) is 0 Å². The molecule has 0 aliphatic heterocycles. The van der Waals surface area contributed by atoms with Crippen LogP contribution in [0.3, 0.4) is 0 Å². The molecule has 0 N–H and O–H groups in total. The van der Waals surface area contributed by atoms with Crippen LogP contribution >= 0.6 is 7.26 Å². The van der Waals surface area contributed by atoms with Gasteiger partial charge >= 0.3 is 0 Å². The summed E-state index contributed by atoms with van der Waals surface area (Å²) in [6, 6.07) is 47.3. The molecule has 0 amide bonds. The molecule has 0 unspecified atom stereocenters. The Kier molecular flexibility index (Phi) is 6.98. The average Bonchev–Trinajstić information content (AvgIpc) is 2.97. The van der Waals surface area contributed by atoms with Crippen molar-refractivity contribution in [2.75, 3.05) is 6.16 Å². The first-order chi connectivity index (χ1) is 17.7. The first-order valence-electron chi connectivity index (χ1n) is 12.0. The molecule has 5 aromatic carbocycles. The van der Waals surface area contributed by atoms with Crippen molar-refractivity contribution in [2.24, 2.45) is 0 Å². The molecule has 0 spiro atoms. The lowest BCUT2D eigenvalue weighted by atomic mass is 9.96. The Bertz CT molecular complexity index is 1370. The Labute approximate surface area is 212 Å². The number of carbonyl (C=O) groups is 2. The van der Waals surface area contributed by atoms with E-state index < -0.39 is 7.26 Å². The molecule has 36 heavy (non-hydrogen) atoms. The zero-order valence-electron chi connectivity index (χ0n) is 19.8. The highest BCUT2D eigenvalue weighted by atomic mass is 31.2. The van der Waals surface area contributed by atoms with Gasteiger partial charge in [-0.25, -0.2) is 0 Å². The van der Waals surface area contributed by atoms with Crippen molar-refractivity contribution in [1.82, 2.24) is 0 Å². The monoisotopic (exact) mass is 485 g/mol. The molecular weight excluding hydrogens is 459 g/mol. The van der Waals surface area contributed by atoms with Gasteiger partial charge in [0.2, 0.25) is 5.78 Å². The summed E-state index contributed by atoms with van der Waals surface area (Å²) in [5.41, 5.74) is 1.49. The van der Waals surface area contributed by atoms with E-state index in [1.807, 2.05) is 84.9 Å². The number of ketones is 2. The fourth-order valence-corrected chi connectivity index (χ4v) is 8.82. The fraction of sp³-hybridized carbons (Fsp3) is 0.0303. The second-order valence-electron chi connectivity index (χ2n) is 8.64. The molecule has 0 saturated carbocycles. The van der Waals surface area contributed by atoms with Crippen LogP contribution in [0.5, 0.6) is 0 Å². The maximum atomic E-state index is 14.2. The molecule has 0 fully saturated rings. The molecule has 0 saturated heterocycles. The third-order valence-electron chi connectivity index (χ3n) is 6.48. The highest BCUT2D eigenvalue weighted by Gasteiger charge is 2.47. The van der Waals surface area contributed by atoms with Gasteiger partial charge in [0.15, 0.2) is 5.78 Å². The SMILES string of the molecule is O=C(C[P+](c1ccccc1)(c1ccccc1)c1ccccc1)c1ccccc1C(=O)c1ccccc1. The number of benzene rings is 5. The van der Waals surface area contributed by atoms with Crippen molar-refractivity contribution in [3.8, 4) is 0 Å². The van der Waals surface area contributed by atoms with Crippen LogP contribution in [0, 0.1) is 0 Å². The minimum atomic E-state index is -2.36. The van der Waals surface area contributed by atoms with E-state index in [4.69, 9.17) is 0 Å². The summed E-state index contributed by atoms with van der Waals surface area (Å²) < 4.78 is 0. The van der Waals surface area contributed by atoms with Gasteiger partial charge in [0.1, 0.15) is 29.3 Å². The molecular formula is C33H26O2P+. The van der Waals surface area contributed by atoms with Gasteiger partial charge < -0.3 is 0 Å². The van der Waals surface area contributed by atoms with E-state index in [0.717, 1.165) is 15.9 Å². The van der Waals surface area contributed by atoms with Gasteiger partial charge in [-0.15, -0.1) is 0 Å². The van der Waals surface area contributed by atoms with Crippen molar-refractivity contribution in [1.29, 1.82) is 0 Å². The largest absolute Gasteiger partial charge is 0.290 e. The predicted octanol–water partition coefficient (Wildman–Crippen LogP) is 6.09. The summed E-state index contributed by atoms with van der Waals surface area (Å²) in [6.45, 7) is 0. The standard InChI is InChI=1S/C33H26O2P/c34-32(30-23-13-14-24-31(30)33(35)26-15-5-1-6-16-26)25-36(27-17-7-2-8-18-27,28-19-9-3-10-20-28)29-21-11-4-12-22-29/h1-24H,25H2/q+1. The number of hydrogen-bond donors (Lipinski definition) is 0. The third-order valence-corrected chi connectivity index (χ3v) is 10.8. The fourth-order valence-electron chi connectivity index (χ4n) is 4.74. The molecule has 3 heteroatoms. The second kappa shape index (κ2) is 10.6. The van der Waals surface area contributed by atoms with E-state index in [1.54, 1.807) is 24.3 Å². The Morgan fingerprint density at radius 3 is 1.25 bits per heavy atom. The summed E-state index contributed by atoms with van der Waals surface area (Å²) in [7, 11) is -2.36. The molecule has 5 rings (SSSR count). The first-order valence-corrected chi connectivity index (χ1v) is 13.9. The Balaban J connectivity index is 1.67. The highest BCUT2D eigenvalue weighted by molar-refractivity contribution is 7.96. The molecule has 0 aromatic heterocycles. The van der Waals surface area contributed by atoms with Gasteiger partial charge in [0, 0.05) is 16.7 Å². The third kappa shape index (κ3) is 4.56. The van der Waals surface area contributed by atoms with Gasteiger partial charge in [-0.3, -0.25) is 9.59 Å². The van der Waals surface area contributed by atoms with Crippen LogP contribution in [0.1, 0.15) is 26.3 Å². The van der Waals surface area contributed by atoms with Gasteiger partial charge in [-0.05, 0) is 36.4 Å². The van der Waals surface area contributed by atoms with Gasteiger partial charge in [0.25, 0.3) is 0 Å². The lowest BCUT2D eigenvalue weighted by Crippen LogP contribution is -2.36. The predicted molar refractivity (Wildman–Crippen MR) is 151 cm³/mol. The topological polar surface area (TPSA) is 34.1 Å². The smallest absolute Gasteiger partial charge is 0.201 e. The maximum absolute atomic E-state index is 14.2. The summed E-state index contributed by atoms with van der Waals surface area (Å²) in [6.07, 6.45) is 0.296. The van der Waals surface area contributed by atoms with Crippen LogP contribution in [0.2, 0.25) is 0 Å². The van der Waals surface area contributed by atoms with E-state index in [0.29, 0.717) is 22.9 Å². The Morgan fingerprint density at radius 1 is 0.444 bits per heavy atom. The molecule has 0 heterocycles. The first kappa shape index (κ1) is 23.6. The number of hydrogen-bond acceptors (Lipinski definition) is 2. The normalized spacial score (nSPS) is 11.1. The molecule has 0 bridgehead atoms. The van der Waals surface area contributed by atoms with Crippen LogP contribution in [-0.2, 0) is 0 Å².